The number of nitrogens with zero attached hydrogens (tertiary/aromatic N) is 2. The second kappa shape index (κ2) is 9.97. The topological polar surface area (TPSA) is 60.4 Å². The highest BCUT2D eigenvalue weighted by atomic mass is 16.6. The zero-order valence-corrected chi connectivity index (χ0v) is 21.8. The minimum Gasteiger partial charge on any atom is -0.501 e. The van der Waals surface area contributed by atoms with Gasteiger partial charge in [-0.05, 0) is 71.2 Å². The number of hydrogen-bond acceptors (Lipinski definition) is 6. The van der Waals surface area contributed by atoms with E-state index in [1.165, 1.54) is 7.11 Å². The highest BCUT2D eigenvalue weighted by Gasteiger charge is 2.34. The van der Waals surface area contributed by atoms with Crippen LogP contribution in [0.5, 0.6) is 5.75 Å². The van der Waals surface area contributed by atoms with Crippen molar-refractivity contribution < 1.29 is 19.1 Å². The Morgan fingerprint density at radius 2 is 1.73 bits per heavy atom. The van der Waals surface area contributed by atoms with Crippen LogP contribution in [0.1, 0.15) is 28.7 Å². The standard InChI is InChI=1S/C31H30N2O4/c1-19-14-21(12-13-32-36-5)15-20(2)30(19)37-31(34)29-25-16-22-8-6-7-9-23(22)17-28(25)33(3)27-11-10-24(35-4)18-26(27)29/h6-11,13-17H,12,18H2,1-5H3. The van der Waals surface area contributed by atoms with Crippen LogP contribution >= 0.6 is 0 Å². The fourth-order valence-corrected chi connectivity index (χ4v) is 5.18. The number of methoxy groups -OCH3 is 1. The maximum atomic E-state index is 14.0. The number of likely N-dealkylation sites (N-methyl/N-ethyl adjacent to an activating group) is 1. The first-order valence-electron chi connectivity index (χ1n) is 12.2. The number of allylic oxidation sites excluding steroid dienone is 4. The van der Waals surface area contributed by atoms with Crippen LogP contribution in [0.4, 0.5) is 5.69 Å². The lowest BCUT2D eigenvalue weighted by Crippen LogP contribution is -2.29. The minimum atomic E-state index is -0.372. The summed E-state index contributed by atoms with van der Waals surface area (Å²) in [4.78, 5) is 20.9. The van der Waals surface area contributed by atoms with Crippen molar-refractivity contribution in [3.05, 3.63) is 100.0 Å². The van der Waals surface area contributed by atoms with Crippen LogP contribution in [-0.4, -0.2) is 33.5 Å². The minimum absolute atomic E-state index is 0.372. The van der Waals surface area contributed by atoms with Crippen LogP contribution in [0.15, 0.2) is 82.9 Å². The predicted octanol–water partition coefficient (Wildman–Crippen LogP) is 6.26. The molecule has 0 saturated carbocycles. The normalized spacial score (nSPS) is 14.8. The van der Waals surface area contributed by atoms with Crippen LogP contribution in [0.3, 0.4) is 0 Å². The highest BCUT2D eigenvalue weighted by Crippen LogP contribution is 2.45. The number of oxime groups is 1. The molecule has 0 unspecified atom stereocenters. The van der Waals surface area contributed by atoms with E-state index in [4.69, 9.17) is 14.3 Å². The molecule has 1 aliphatic heterocycles. The average Bonchev–Trinajstić information content (AvgIpc) is 2.90. The van der Waals surface area contributed by atoms with Crippen molar-refractivity contribution in [2.75, 3.05) is 26.2 Å². The number of carbonyl (C=O) groups excluding carboxylic acids is 1. The first kappa shape index (κ1) is 24.4. The summed E-state index contributed by atoms with van der Waals surface area (Å²) in [6.07, 6.45) is 6.83. The molecule has 2 aliphatic rings. The maximum Gasteiger partial charge on any atom is 0.344 e. The van der Waals surface area contributed by atoms with Crippen molar-refractivity contribution in [2.24, 2.45) is 5.16 Å². The molecule has 0 amide bonds. The molecule has 188 valence electrons. The molecule has 0 atom stereocenters. The number of esters is 1. The van der Waals surface area contributed by atoms with Crippen LogP contribution in [0.2, 0.25) is 0 Å². The molecule has 0 N–H and O–H groups in total. The average molecular weight is 495 g/mol. The van der Waals surface area contributed by atoms with Crippen molar-refractivity contribution in [3.63, 3.8) is 0 Å². The Morgan fingerprint density at radius 3 is 2.41 bits per heavy atom. The van der Waals surface area contributed by atoms with Gasteiger partial charge in [0.1, 0.15) is 18.6 Å². The van der Waals surface area contributed by atoms with Crippen molar-refractivity contribution in [2.45, 2.75) is 26.7 Å². The quantitative estimate of drug-likeness (QED) is 0.175. The van der Waals surface area contributed by atoms with E-state index in [1.54, 1.807) is 13.3 Å². The van der Waals surface area contributed by atoms with Gasteiger partial charge in [-0.1, -0.05) is 41.6 Å². The third-order valence-electron chi connectivity index (χ3n) is 6.93. The summed E-state index contributed by atoms with van der Waals surface area (Å²) in [5, 5.41) is 6.01. The van der Waals surface area contributed by atoms with Gasteiger partial charge in [-0.25, -0.2) is 4.79 Å². The molecule has 0 spiro atoms. The number of rotatable bonds is 6. The molecular formula is C31H30N2O4. The van der Waals surface area contributed by atoms with Crippen molar-refractivity contribution in [3.8, 4) is 5.75 Å². The SMILES string of the molecule is CON=CCc1cc(C)c(OC(=O)C2=C3CC(OC)=CC=C3N(C)c3cc4ccccc4cc32)c(C)c1. The molecule has 0 fully saturated rings. The Labute approximate surface area is 217 Å². The zero-order valence-electron chi connectivity index (χ0n) is 21.8. The Morgan fingerprint density at radius 1 is 1.03 bits per heavy atom. The van der Waals surface area contributed by atoms with Crippen LogP contribution in [0, 0.1) is 13.8 Å². The Balaban J connectivity index is 1.60. The van der Waals surface area contributed by atoms with Crippen LogP contribution in [-0.2, 0) is 20.8 Å². The highest BCUT2D eigenvalue weighted by molar-refractivity contribution is 6.23. The fraction of sp³-hybridized carbons (Fsp3) is 0.226. The summed E-state index contributed by atoms with van der Waals surface area (Å²) >= 11 is 0. The molecule has 6 nitrogen and oxygen atoms in total. The molecule has 1 aliphatic carbocycles. The molecule has 1 heterocycles. The summed E-state index contributed by atoms with van der Waals surface area (Å²) in [5.41, 5.74) is 7.12. The molecule has 3 aromatic rings. The summed E-state index contributed by atoms with van der Waals surface area (Å²) in [7, 11) is 5.21. The lowest BCUT2D eigenvalue weighted by molar-refractivity contribution is -0.128. The smallest absolute Gasteiger partial charge is 0.344 e. The van der Waals surface area contributed by atoms with Gasteiger partial charge in [-0.15, -0.1) is 0 Å². The van der Waals surface area contributed by atoms with E-state index in [1.807, 2.05) is 57.3 Å². The molecule has 37 heavy (non-hydrogen) atoms. The number of anilines is 1. The van der Waals surface area contributed by atoms with Crippen molar-refractivity contribution in [1.29, 1.82) is 0 Å². The summed E-state index contributed by atoms with van der Waals surface area (Å²) < 4.78 is 11.7. The maximum absolute atomic E-state index is 14.0. The van der Waals surface area contributed by atoms with Gasteiger partial charge in [0.15, 0.2) is 0 Å². The molecule has 0 bridgehead atoms. The number of carbonyl (C=O) groups is 1. The van der Waals surface area contributed by atoms with Crippen molar-refractivity contribution in [1.82, 2.24) is 0 Å². The van der Waals surface area contributed by atoms with Gasteiger partial charge in [0.25, 0.3) is 0 Å². The van der Waals surface area contributed by atoms with Gasteiger partial charge in [-0.3, -0.25) is 0 Å². The third kappa shape index (κ3) is 4.51. The van der Waals surface area contributed by atoms with E-state index >= 15 is 0 Å². The van der Waals surface area contributed by atoms with Crippen LogP contribution < -0.4 is 9.64 Å². The summed E-state index contributed by atoms with van der Waals surface area (Å²) in [5.74, 6) is 1.01. The van der Waals surface area contributed by atoms with Crippen LogP contribution in [0.25, 0.3) is 16.3 Å². The number of benzene rings is 3. The fourth-order valence-electron chi connectivity index (χ4n) is 5.18. The van der Waals surface area contributed by atoms with E-state index in [9.17, 15) is 4.79 Å². The van der Waals surface area contributed by atoms with E-state index in [2.05, 4.69) is 34.3 Å². The van der Waals surface area contributed by atoms with Gasteiger partial charge >= 0.3 is 5.97 Å². The second-order valence-electron chi connectivity index (χ2n) is 9.32. The molecule has 0 aromatic heterocycles. The predicted molar refractivity (Wildman–Crippen MR) is 148 cm³/mol. The Hall–Kier alpha value is -4.32. The summed E-state index contributed by atoms with van der Waals surface area (Å²) in [6.45, 7) is 3.91. The molecular weight excluding hydrogens is 464 g/mol. The van der Waals surface area contributed by atoms with Gasteiger partial charge < -0.3 is 19.2 Å². The van der Waals surface area contributed by atoms with Gasteiger partial charge in [-0.2, -0.15) is 0 Å². The first-order chi connectivity index (χ1) is 17.9. The molecule has 0 saturated heterocycles. The molecule has 5 rings (SSSR count). The second-order valence-corrected chi connectivity index (χ2v) is 9.32. The zero-order chi connectivity index (χ0) is 26.1. The van der Waals surface area contributed by atoms with E-state index in [-0.39, 0.29) is 5.97 Å². The third-order valence-corrected chi connectivity index (χ3v) is 6.93. The first-order valence-corrected chi connectivity index (χ1v) is 12.2. The lowest BCUT2D eigenvalue weighted by Gasteiger charge is -2.35. The Kier molecular flexibility index (Phi) is 6.57. The van der Waals surface area contributed by atoms with E-state index < -0.39 is 0 Å². The number of fused-ring (bicyclic) bond motifs is 3. The van der Waals surface area contributed by atoms with Gasteiger partial charge in [0.05, 0.1) is 12.7 Å². The number of aryl methyl sites for hydroxylation is 2. The van der Waals surface area contributed by atoms with Crippen molar-refractivity contribution >= 4 is 34.2 Å². The van der Waals surface area contributed by atoms with Gasteiger partial charge in [0.2, 0.25) is 0 Å². The Bertz CT molecular complexity index is 1500. The number of ether oxygens (including phenoxy) is 2. The van der Waals surface area contributed by atoms with E-state index in [0.29, 0.717) is 24.2 Å². The largest absolute Gasteiger partial charge is 0.501 e. The molecule has 0 radical (unpaired) electrons. The van der Waals surface area contributed by atoms with E-state index in [0.717, 1.165) is 55.7 Å². The number of hydrogen-bond donors (Lipinski definition) is 0. The lowest BCUT2D eigenvalue weighted by atomic mass is 9.85. The monoisotopic (exact) mass is 494 g/mol. The molecule has 3 aromatic carbocycles. The molecule has 6 heteroatoms. The summed E-state index contributed by atoms with van der Waals surface area (Å²) in [6, 6.07) is 16.4. The van der Waals surface area contributed by atoms with Gasteiger partial charge in [0, 0.05) is 43.1 Å².